The van der Waals surface area contributed by atoms with Crippen molar-refractivity contribution < 1.29 is 18.7 Å². The molecule has 39 heavy (non-hydrogen) atoms. The van der Waals surface area contributed by atoms with Gasteiger partial charge in [0.15, 0.2) is 5.11 Å². The van der Waals surface area contributed by atoms with Gasteiger partial charge in [-0.3, -0.25) is 9.78 Å². The molecule has 8 nitrogen and oxygen atoms in total. The Bertz CT molecular complexity index is 1420. The van der Waals surface area contributed by atoms with E-state index in [9.17, 15) is 4.79 Å². The Morgan fingerprint density at radius 1 is 1.08 bits per heavy atom. The molecule has 2 N–H and O–H groups in total. The van der Waals surface area contributed by atoms with Gasteiger partial charge in [0.1, 0.15) is 29.1 Å². The van der Waals surface area contributed by atoms with E-state index in [2.05, 4.69) is 15.6 Å². The Morgan fingerprint density at radius 2 is 1.87 bits per heavy atom. The van der Waals surface area contributed by atoms with Crippen molar-refractivity contribution in [3.05, 3.63) is 96.5 Å². The first-order valence-corrected chi connectivity index (χ1v) is 13.2. The van der Waals surface area contributed by atoms with Crippen molar-refractivity contribution in [3.63, 3.8) is 0 Å². The molecule has 0 radical (unpaired) electrons. The third-order valence-electron chi connectivity index (χ3n) is 6.53. The molecule has 1 aliphatic heterocycles. The molecule has 0 saturated carbocycles. The zero-order valence-electron chi connectivity index (χ0n) is 21.8. The number of methoxy groups -OCH3 is 1. The molecule has 2 aromatic heterocycles. The number of hydrogen-bond donors (Lipinski definition) is 2. The second-order valence-corrected chi connectivity index (χ2v) is 9.36. The number of anilines is 1. The van der Waals surface area contributed by atoms with Gasteiger partial charge in [0.05, 0.1) is 31.1 Å². The number of para-hydroxylation sites is 2. The fourth-order valence-electron chi connectivity index (χ4n) is 4.69. The SMILES string of the molecule is CCOc1ccc(-c2ccc([C@@H]3[C@H](c4ccccn4)NC(=S)N3CCC(=O)Nc3ccccc3OC)o2)cc1. The number of carbonyl (C=O) groups is 1. The zero-order chi connectivity index (χ0) is 27.2. The molecule has 0 aliphatic carbocycles. The van der Waals surface area contributed by atoms with Crippen LogP contribution in [0, 0.1) is 0 Å². The van der Waals surface area contributed by atoms with Crippen LogP contribution in [0.25, 0.3) is 11.3 Å². The second-order valence-electron chi connectivity index (χ2n) is 8.98. The lowest BCUT2D eigenvalue weighted by Crippen LogP contribution is -2.32. The van der Waals surface area contributed by atoms with Crippen LogP contribution in [0.4, 0.5) is 5.69 Å². The normalized spacial score (nSPS) is 16.6. The van der Waals surface area contributed by atoms with Crippen molar-refractivity contribution in [2.75, 3.05) is 25.6 Å². The van der Waals surface area contributed by atoms with Crippen LogP contribution in [0.3, 0.4) is 0 Å². The molecule has 0 spiro atoms. The van der Waals surface area contributed by atoms with Gasteiger partial charge in [0.25, 0.3) is 0 Å². The molecule has 1 saturated heterocycles. The van der Waals surface area contributed by atoms with Crippen LogP contribution >= 0.6 is 12.2 Å². The molecule has 3 heterocycles. The van der Waals surface area contributed by atoms with E-state index in [0.29, 0.717) is 29.7 Å². The monoisotopic (exact) mass is 542 g/mol. The van der Waals surface area contributed by atoms with E-state index in [1.54, 1.807) is 13.3 Å². The number of hydrogen-bond acceptors (Lipinski definition) is 6. The molecule has 5 rings (SSSR count). The van der Waals surface area contributed by atoms with E-state index in [1.165, 1.54) is 0 Å². The first-order chi connectivity index (χ1) is 19.1. The average molecular weight is 543 g/mol. The maximum Gasteiger partial charge on any atom is 0.226 e. The van der Waals surface area contributed by atoms with E-state index in [-0.39, 0.29) is 24.4 Å². The summed E-state index contributed by atoms with van der Waals surface area (Å²) in [4.78, 5) is 19.5. The Hall–Kier alpha value is -4.37. The minimum absolute atomic E-state index is 0.142. The molecule has 1 fully saturated rings. The smallest absolute Gasteiger partial charge is 0.226 e. The summed E-state index contributed by atoms with van der Waals surface area (Å²) in [5.41, 5.74) is 2.40. The van der Waals surface area contributed by atoms with Gasteiger partial charge < -0.3 is 29.4 Å². The van der Waals surface area contributed by atoms with Gasteiger partial charge in [0.2, 0.25) is 5.91 Å². The van der Waals surface area contributed by atoms with Crippen LogP contribution < -0.4 is 20.1 Å². The van der Waals surface area contributed by atoms with E-state index in [4.69, 9.17) is 26.1 Å². The lowest BCUT2D eigenvalue weighted by atomic mass is 10.0. The van der Waals surface area contributed by atoms with E-state index in [0.717, 1.165) is 28.5 Å². The van der Waals surface area contributed by atoms with Gasteiger partial charge in [-0.25, -0.2) is 0 Å². The van der Waals surface area contributed by atoms with Crippen LogP contribution in [0.15, 0.2) is 89.5 Å². The highest BCUT2D eigenvalue weighted by Gasteiger charge is 2.41. The molecule has 1 amide bonds. The summed E-state index contributed by atoms with van der Waals surface area (Å²) in [6, 6.07) is 24.3. The quantitative estimate of drug-likeness (QED) is 0.245. The molecule has 200 valence electrons. The topological polar surface area (TPSA) is 88.9 Å². The zero-order valence-corrected chi connectivity index (χ0v) is 22.6. The number of aromatic nitrogens is 1. The fraction of sp³-hybridized carbons (Fsp3) is 0.233. The summed E-state index contributed by atoms with van der Waals surface area (Å²) in [7, 11) is 1.58. The number of amides is 1. The highest BCUT2D eigenvalue weighted by molar-refractivity contribution is 7.80. The molecule has 4 aromatic rings. The Kier molecular flexibility index (Phi) is 8.07. The summed E-state index contributed by atoms with van der Waals surface area (Å²) in [5, 5.41) is 6.88. The first kappa shape index (κ1) is 26.2. The number of nitrogens with one attached hydrogen (secondary N) is 2. The predicted molar refractivity (Wildman–Crippen MR) is 154 cm³/mol. The molecular weight excluding hydrogens is 512 g/mol. The summed E-state index contributed by atoms with van der Waals surface area (Å²) < 4.78 is 17.3. The Labute approximate surface area is 233 Å². The Morgan fingerprint density at radius 3 is 2.62 bits per heavy atom. The van der Waals surface area contributed by atoms with Gasteiger partial charge in [0, 0.05) is 24.7 Å². The second kappa shape index (κ2) is 12.0. The standard InChI is InChI=1S/C30H30N4O4S/c1-3-37-21-13-11-20(12-14-21)24-15-16-26(38-24)29-28(23-9-6-7-18-31-23)33-30(39)34(29)19-17-27(35)32-22-8-4-5-10-25(22)36-2/h4-16,18,28-29H,3,17,19H2,1-2H3,(H,32,35)(H,33,39)/t28-,29+/m0/s1. The summed E-state index contributed by atoms with van der Waals surface area (Å²) in [6.07, 6.45) is 1.98. The molecule has 0 bridgehead atoms. The number of thiocarbonyl (C=S) groups is 1. The number of carbonyl (C=O) groups excluding carboxylic acids is 1. The summed E-state index contributed by atoms with van der Waals surface area (Å²) >= 11 is 5.74. The molecule has 9 heteroatoms. The predicted octanol–water partition coefficient (Wildman–Crippen LogP) is 5.75. The molecule has 2 aromatic carbocycles. The number of nitrogens with zero attached hydrogens (tertiary/aromatic N) is 2. The minimum atomic E-state index is -0.289. The Balaban J connectivity index is 1.38. The van der Waals surface area contributed by atoms with Crippen molar-refractivity contribution in [2.45, 2.75) is 25.4 Å². The molecule has 2 atom stereocenters. The van der Waals surface area contributed by atoms with Gasteiger partial charge in [-0.15, -0.1) is 0 Å². The first-order valence-electron chi connectivity index (χ1n) is 12.8. The summed E-state index contributed by atoms with van der Waals surface area (Å²) in [5.74, 6) is 2.74. The lowest BCUT2D eigenvalue weighted by molar-refractivity contribution is -0.116. The van der Waals surface area contributed by atoms with Crippen molar-refractivity contribution >= 4 is 28.9 Å². The number of ether oxygens (including phenoxy) is 2. The number of furan rings is 1. The minimum Gasteiger partial charge on any atom is -0.495 e. The fourth-order valence-corrected chi connectivity index (χ4v) is 5.02. The van der Waals surface area contributed by atoms with Crippen LogP contribution in [-0.4, -0.2) is 41.2 Å². The average Bonchev–Trinajstić information content (AvgIpc) is 3.58. The van der Waals surface area contributed by atoms with Gasteiger partial charge in [-0.05, 0) is 79.8 Å². The van der Waals surface area contributed by atoms with E-state index < -0.39 is 0 Å². The summed E-state index contributed by atoms with van der Waals surface area (Å²) in [6.45, 7) is 2.96. The van der Waals surface area contributed by atoms with E-state index >= 15 is 0 Å². The molecule has 0 unspecified atom stereocenters. The van der Waals surface area contributed by atoms with Crippen molar-refractivity contribution in [2.24, 2.45) is 0 Å². The van der Waals surface area contributed by atoms with Crippen molar-refractivity contribution in [1.82, 2.24) is 15.2 Å². The van der Waals surface area contributed by atoms with E-state index in [1.807, 2.05) is 90.7 Å². The van der Waals surface area contributed by atoms with Gasteiger partial charge in [-0.1, -0.05) is 18.2 Å². The van der Waals surface area contributed by atoms with Gasteiger partial charge in [-0.2, -0.15) is 0 Å². The van der Waals surface area contributed by atoms with Crippen LogP contribution in [0.2, 0.25) is 0 Å². The van der Waals surface area contributed by atoms with Crippen molar-refractivity contribution in [1.29, 1.82) is 0 Å². The van der Waals surface area contributed by atoms with Crippen LogP contribution in [0.1, 0.15) is 36.9 Å². The van der Waals surface area contributed by atoms with Crippen LogP contribution in [-0.2, 0) is 4.79 Å². The highest BCUT2D eigenvalue weighted by atomic mass is 32.1. The lowest BCUT2D eigenvalue weighted by Gasteiger charge is -2.26. The van der Waals surface area contributed by atoms with Crippen molar-refractivity contribution in [3.8, 4) is 22.8 Å². The number of benzene rings is 2. The molecule has 1 aliphatic rings. The largest absolute Gasteiger partial charge is 0.495 e. The third kappa shape index (κ3) is 5.88. The van der Waals surface area contributed by atoms with Gasteiger partial charge >= 0.3 is 0 Å². The number of rotatable bonds is 10. The maximum atomic E-state index is 12.9. The third-order valence-corrected chi connectivity index (χ3v) is 6.88. The van der Waals surface area contributed by atoms with Crippen LogP contribution in [0.5, 0.6) is 11.5 Å². The molecular formula is C30H30N4O4S. The maximum absolute atomic E-state index is 12.9. The highest BCUT2D eigenvalue weighted by Crippen LogP contribution is 2.40. The number of pyridine rings is 1.